The number of likely N-dealkylation sites (tertiary alicyclic amines) is 1. The monoisotopic (exact) mass is 588 g/mol. The minimum Gasteiger partial charge on any atom is -0.466 e. The number of aromatic nitrogens is 7. The molecule has 0 amide bonds. The van der Waals surface area contributed by atoms with Crippen molar-refractivity contribution in [3.63, 3.8) is 0 Å². The van der Waals surface area contributed by atoms with Gasteiger partial charge in [-0.2, -0.15) is 5.10 Å². The van der Waals surface area contributed by atoms with Gasteiger partial charge < -0.3 is 4.74 Å². The molecule has 2 aromatic carbocycles. The molecule has 3 heterocycles. The molecule has 3 atom stereocenters. The van der Waals surface area contributed by atoms with Crippen molar-refractivity contribution in [2.75, 3.05) is 13.1 Å². The second kappa shape index (κ2) is 11.8. The Hall–Kier alpha value is -2.72. The van der Waals surface area contributed by atoms with E-state index in [2.05, 4.69) is 51.3 Å². The van der Waals surface area contributed by atoms with Crippen LogP contribution in [0.1, 0.15) is 69.7 Å². The fraction of sp³-hybridized carbons (Fsp3) is 0.444. The Labute approximate surface area is 243 Å². The van der Waals surface area contributed by atoms with Crippen molar-refractivity contribution in [1.82, 2.24) is 39.9 Å². The molecular formula is C27H31Cl3N8O. The lowest BCUT2D eigenvalue weighted by Gasteiger charge is -2.39. The largest absolute Gasteiger partial charge is 0.466 e. The molecule has 1 fully saturated rings. The third kappa shape index (κ3) is 6.22. The molecule has 0 bridgehead atoms. The summed E-state index contributed by atoms with van der Waals surface area (Å²) in [5.74, 6) is 1.31. The number of ether oxygens (including phenoxy) is 1. The zero-order valence-corrected chi connectivity index (χ0v) is 24.4. The SMILES string of the molecule is CC(C)(C)[C@H]([C@@H](Oc1ccc(Cl)cc1)n1cncn1)n1nnnc1[C@@H](c1ccc(Cl)cc1Cl)N1CCCCC1. The fourth-order valence-electron chi connectivity index (χ4n) is 5.16. The second-order valence-corrected chi connectivity index (χ2v) is 12.1. The molecule has 1 saturated heterocycles. The summed E-state index contributed by atoms with van der Waals surface area (Å²) in [4.78, 5) is 6.59. The van der Waals surface area contributed by atoms with Crippen LogP contribution in [0.15, 0.2) is 55.1 Å². The third-order valence-electron chi connectivity index (χ3n) is 6.96. The van der Waals surface area contributed by atoms with Gasteiger partial charge in [-0.25, -0.2) is 14.3 Å². The Morgan fingerprint density at radius 1 is 0.923 bits per heavy atom. The van der Waals surface area contributed by atoms with E-state index in [0.717, 1.165) is 31.5 Å². The van der Waals surface area contributed by atoms with Crippen LogP contribution in [0, 0.1) is 5.41 Å². The van der Waals surface area contributed by atoms with Crippen LogP contribution in [-0.2, 0) is 0 Å². The molecule has 0 unspecified atom stereocenters. The Morgan fingerprint density at radius 3 is 2.28 bits per heavy atom. The van der Waals surface area contributed by atoms with Crippen LogP contribution in [0.2, 0.25) is 15.1 Å². The fourth-order valence-corrected chi connectivity index (χ4v) is 5.80. The molecule has 39 heavy (non-hydrogen) atoms. The number of hydrogen-bond acceptors (Lipinski definition) is 7. The smallest absolute Gasteiger partial charge is 0.215 e. The lowest BCUT2D eigenvalue weighted by atomic mass is 9.85. The molecule has 0 spiro atoms. The van der Waals surface area contributed by atoms with Crippen LogP contribution < -0.4 is 4.74 Å². The molecule has 9 nitrogen and oxygen atoms in total. The summed E-state index contributed by atoms with van der Waals surface area (Å²) in [5.41, 5.74) is 0.534. The van der Waals surface area contributed by atoms with Crippen molar-refractivity contribution in [2.45, 2.75) is 58.3 Å². The summed E-state index contributed by atoms with van der Waals surface area (Å²) in [6.07, 6.45) is 5.87. The average Bonchev–Trinajstić information content (AvgIpc) is 3.59. The Balaban J connectivity index is 1.64. The summed E-state index contributed by atoms with van der Waals surface area (Å²) in [6.45, 7) is 8.20. The van der Waals surface area contributed by atoms with Gasteiger partial charge in [0.25, 0.3) is 0 Å². The lowest BCUT2D eigenvalue weighted by molar-refractivity contribution is -0.00232. The van der Waals surface area contributed by atoms with Crippen LogP contribution in [0.25, 0.3) is 0 Å². The highest BCUT2D eigenvalue weighted by Gasteiger charge is 2.42. The van der Waals surface area contributed by atoms with E-state index < -0.39 is 12.3 Å². The van der Waals surface area contributed by atoms with Gasteiger partial charge in [0, 0.05) is 15.1 Å². The van der Waals surface area contributed by atoms with Crippen molar-refractivity contribution in [1.29, 1.82) is 0 Å². The van der Waals surface area contributed by atoms with Crippen molar-refractivity contribution in [2.24, 2.45) is 5.41 Å². The average molecular weight is 590 g/mol. The summed E-state index contributed by atoms with van der Waals surface area (Å²) in [6, 6.07) is 12.2. The quantitative estimate of drug-likeness (QED) is 0.227. The van der Waals surface area contributed by atoms with E-state index in [0.29, 0.717) is 26.6 Å². The number of halogens is 3. The molecule has 0 N–H and O–H groups in total. The molecular weight excluding hydrogens is 559 g/mol. The Kier molecular flexibility index (Phi) is 8.42. The maximum atomic E-state index is 6.80. The maximum Gasteiger partial charge on any atom is 0.215 e. The van der Waals surface area contributed by atoms with Gasteiger partial charge in [-0.1, -0.05) is 68.1 Å². The highest BCUT2D eigenvalue weighted by Crippen LogP contribution is 2.43. The standard InChI is InChI=1S/C27H31Cl3N8O/c1-27(2,3)24(26(37-17-31-16-32-37)39-20-10-7-18(28)8-11-20)38-25(33-34-35-38)23(36-13-5-4-6-14-36)21-12-9-19(29)15-22(21)30/h7-12,15-17,23-24,26H,4-6,13-14H2,1-3H3/t23-,24+,26-/m1/s1. The molecule has 2 aromatic heterocycles. The number of rotatable bonds is 8. The minimum atomic E-state index is -0.626. The molecule has 4 aromatic rings. The first-order chi connectivity index (χ1) is 18.7. The van der Waals surface area contributed by atoms with E-state index in [1.54, 1.807) is 29.2 Å². The summed E-state index contributed by atoms with van der Waals surface area (Å²) >= 11 is 19.2. The minimum absolute atomic E-state index is 0.276. The van der Waals surface area contributed by atoms with E-state index in [1.165, 1.54) is 12.7 Å². The van der Waals surface area contributed by atoms with Crippen molar-refractivity contribution in [3.05, 3.63) is 81.6 Å². The molecule has 0 radical (unpaired) electrons. The van der Waals surface area contributed by atoms with Gasteiger partial charge >= 0.3 is 0 Å². The van der Waals surface area contributed by atoms with Gasteiger partial charge in [-0.05, 0) is 83.7 Å². The van der Waals surface area contributed by atoms with E-state index >= 15 is 0 Å². The van der Waals surface area contributed by atoms with Gasteiger partial charge in [0.2, 0.25) is 6.23 Å². The Morgan fingerprint density at radius 2 is 1.64 bits per heavy atom. The molecule has 0 aliphatic carbocycles. The predicted molar refractivity (Wildman–Crippen MR) is 151 cm³/mol. The van der Waals surface area contributed by atoms with Crippen LogP contribution in [0.5, 0.6) is 5.75 Å². The molecule has 5 rings (SSSR count). The van der Waals surface area contributed by atoms with Crippen molar-refractivity contribution >= 4 is 34.8 Å². The van der Waals surface area contributed by atoms with Gasteiger partial charge in [0.05, 0.1) is 6.04 Å². The van der Waals surface area contributed by atoms with E-state index in [9.17, 15) is 0 Å². The van der Waals surface area contributed by atoms with Gasteiger partial charge in [-0.3, -0.25) is 4.90 Å². The summed E-state index contributed by atoms with van der Waals surface area (Å²) in [5, 5.41) is 19.6. The summed E-state index contributed by atoms with van der Waals surface area (Å²) < 4.78 is 10.1. The Bertz CT molecular complexity index is 1360. The summed E-state index contributed by atoms with van der Waals surface area (Å²) in [7, 11) is 0. The molecule has 12 heteroatoms. The van der Waals surface area contributed by atoms with Crippen molar-refractivity contribution in [3.8, 4) is 5.75 Å². The highest BCUT2D eigenvalue weighted by molar-refractivity contribution is 6.35. The molecule has 206 valence electrons. The number of hydrogen-bond donors (Lipinski definition) is 0. The number of tetrazole rings is 1. The molecule has 1 aliphatic heterocycles. The predicted octanol–water partition coefficient (Wildman–Crippen LogP) is 6.67. The zero-order valence-electron chi connectivity index (χ0n) is 22.1. The maximum absolute atomic E-state index is 6.80. The van der Waals surface area contributed by atoms with Gasteiger partial charge in [-0.15, -0.1) is 5.10 Å². The van der Waals surface area contributed by atoms with Crippen LogP contribution in [0.3, 0.4) is 0 Å². The third-order valence-corrected chi connectivity index (χ3v) is 7.78. The van der Waals surface area contributed by atoms with Crippen LogP contribution in [0.4, 0.5) is 0 Å². The number of benzene rings is 2. The first-order valence-electron chi connectivity index (χ1n) is 13.0. The molecule has 0 saturated carbocycles. The van der Waals surface area contributed by atoms with Crippen LogP contribution >= 0.6 is 34.8 Å². The molecule has 1 aliphatic rings. The van der Waals surface area contributed by atoms with E-state index in [4.69, 9.17) is 39.5 Å². The van der Waals surface area contributed by atoms with E-state index in [-0.39, 0.29) is 11.5 Å². The van der Waals surface area contributed by atoms with Crippen molar-refractivity contribution < 1.29 is 4.74 Å². The normalized spacial score (nSPS) is 17.1. The van der Waals surface area contributed by atoms with E-state index in [1.807, 2.05) is 28.9 Å². The first kappa shape index (κ1) is 27.8. The number of nitrogens with zero attached hydrogens (tertiary/aromatic N) is 8. The lowest BCUT2D eigenvalue weighted by Crippen LogP contribution is -2.41. The van der Waals surface area contributed by atoms with Gasteiger partial charge in [0.1, 0.15) is 24.4 Å². The highest BCUT2D eigenvalue weighted by atomic mass is 35.5. The van der Waals surface area contributed by atoms with Crippen LogP contribution in [-0.4, -0.2) is 53.0 Å². The second-order valence-electron chi connectivity index (χ2n) is 10.8. The topological polar surface area (TPSA) is 86.8 Å². The van der Waals surface area contributed by atoms with Gasteiger partial charge in [0.15, 0.2) is 5.82 Å². The zero-order chi connectivity index (χ0) is 27.6. The number of piperidine rings is 1. The first-order valence-corrected chi connectivity index (χ1v) is 14.1.